The average Bonchev–Trinajstić information content (AvgIpc) is 2.90. The number of benzene rings is 1. The predicted octanol–water partition coefficient (Wildman–Crippen LogP) is 0.901. The molecule has 1 aromatic heterocycles. The molecule has 2 N–H and O–H groups in total. The van der Waals surface area contributed by atoms with Gasteiger partial charge < -0.3 is 4.98 Å². The van der Waals surface area contributed by atoms with Crippen LogP contribution in [0.4, 0.5) is 0 Å². The topological polar surface area (TPSA) is 98.6 Å². The minimum atomic E-state index is -3.49. The molecule has 2 rings (SSSR count). The number of hydrogen-bond donors (Lipinski definition) is 2. The Bertz CT molecular complexity index is 687. The van der Waals surface area contributed by atoms with E-state index in [9.17, 15) is 8.42 Å². The van der Waals surface area contributed by atoms with Crippen LogP contribution >= 0.6 is 0 Å². The molecule has 0 amide bonds. The third-order valence-electron chi connectivity index (χ3n) is 2.52. The van der Waals surface area contributed by atoms with E-state index in [1.165, 1.54) is 6.33 Å². The van der Waals surface area contributed by atoms with Crippen molar-refractivity contribution in [2.45, 2.75) is 12.3 Å². The van der Waals surface area contributed by atoms with Gasteiger partial charge >= 0.3 is 0 Å². The zero-order valence-electron chi connectivity index (χ0n) is 10.00. The summed E-state index contributed by atoms with van der Waals surface area (Å²) in [4.78, 5) is 6.61. The first-order valence-corrected chi connectivity index (χ1v) is 7.18. The summed E-state index contributed by atoms with van der Waals surface area (Å²) in [5, 5.41) is 8.92. The van der Waals surface area contributed by atoms with Crippen LogP contribution in [0.5, 0.6) is 0 Å². The molecule has 0 spiro atoms. The Morgan fingerprint density at radius 2 is 2.16 bits per heavy atom. The van der Waals surface area contributed by atoms with Gasteiger partial charge in [-0.15, -0.1) is 0 Å². The van der Waals surface area contributed by atoms with Crippen molar-refractivity contribution in [2.75, 3.05) is 0 Å². The van der Waals surface area contributed by atoms with Crippen molar-refractivity contribution in [3.8, 4) is 6.07 Å². The van der Waals surface area contributed by atoms with E-state index in [2.05, 4.69) is 14.7 Å². The molecule has 7 heteroatoms. The lowest BCUT2D eigenvalue weighted by atomic mass is 10.1. The van der Waals surface area contributed by atoms with Gasteiger partial charge in [0.15, 0.2) is 0 Å². The summed E-state index contributed by atoms with van der Waals surface area (Å²) in [5.41, 5.74) is 1.54. The molecule has 0 radical (unpaired) electrons. The normalized spacial score (nSPS) is 11.1. The molecule has 1 aromatic carbocycles. The summed E-state index contributed by atoms with van der Waals surface area (Å²) >= 11 is 0. The monoisotopic (exact) mass is 276 g/mol. The summed E-state index contributed by atoms with van der Waals surface area (Å²) in [5.74, 6) is -0.217. The first-order valence-electron chi connectivity index (χ1n) is 5.53. The molecule has 1 heterocycles. The number of rotatable bonds is 5. The van der Waals surface area contributed by atoms with Gasteiger partial charge in [-0.25, -0.2) is 18.1 Å². The summed E-state index contributed by atoms with van der Waals surface area (Å²) in [7, 11) is -3.49. The maximum atomic E-state index is 11.9. The number of imidazole rings is 1. The second kappa shape index (κ2) is 5.65. The molecule has 2 aromatic rings. The fourth-order valence-corrected chi connectivity index (χ4v) is 2.72. The van der Waals surface area contributed by atoms with Crippen LogP contribution in [-0.4, -0.2) is 18.4 Å². The number of H-pyrrole nitrogens is 1. The van der Waals surface area contributed by atoms with Gasteiger partial charge in [-0.05, 0) is 11.6 Å². The number of aromatic amines is 1. The first kappa shape index (κ1) is 13.3. The Kier molecular flexibility index (Phi) is 3.94. The van der Waals surface area contributed by atoms with Crippen molar-refractivity contribution in [3.05, 3.63) is 53.6 Å². The Hall–Kier alpha value is -2.17. The number of nitriles is 1. The summed E-state index contributed by atoms with van der Waals surface area (Å²) in [6, 6.07) is 8.62. The minimum Gasteiger partial charge on any atom is -0.347 e. The lowest BCUT2D eigenvalue weighted by molar-refractivity contribution is 0.579. The van der Waals surface area contributed by atoms with Crippen molar-refractivity contribution in [2.24, 2.45) is 0 Å². The Morgan fingerprint density at radius 1 is 1.37 bits per heavy atom. The molecular weight excluding hydrogens is 264 g/mol. The lowest BCUT2D eigenvalue weighted by Gasteiger charge is -2.06. The highest BCUT2D eigenvalue weighted by Crippen LogP contribution is 2.11. The third kappa shape index (κ3) is 3.64. The van der Waals surface area contributed by atoms with E-state index in [1.807, 2.05) is 6.07 Å². The smallest absolute Gasteiger partial charge is 0.216 e. The van der Waals surface area contributed by atoms with Crippen LogP contribution in [0.15, 0.2) is 36.8 Å². The van der Waals surface area contributed by atoms with Crippen molar-refractivity contribution < 1.29 is 8.42 Å². The lowest BCUT2D eigenvalue weighted by Crippen LogP contribution is -2.25. The number of sulfonamides is 1. The fraction of sp³-hybridized carbons (Fsp3) is 0.167. The van der Waals surface area contributed by atoms with Crippen LogP contribution in [0.25, 0.3) is 0 Å². The van der Waals surface area contributed by atoms with Gasteiger partial charge in [0.2, 0.25) is 10.0 Å². The van der Waals surface area contributed by atoms with Crippen LogP contribution in [0.1, 0.15) is 16.8 Å². The van der Waals surface area contributed by atoms with Crippen LogP contribution in [0, 0.1) is 11.3 Å². The van der Waals surface area contributed by atoms with Crippen LogP contribution in [0.3, 0.4) is 0 Å². The zero-order chi connectivity index (χ0) is 13.7. The number of aromatic nitrogens is 2. The first-order chi connectivity index (χ1) is 9.11. The van der Waals surface area contributed by atoms with E-state index in [-0.39, 0.29) is 12.3 Å². The van der Waals surface area contributed by atoms with Crippen LogP contribution in [0.2, 0.25) is 0 Å². The summed E-state index contributed by atoms with van der Waals surface area (Å²) in [6.45, 7) is 0.150. The van der Waals surface area contributed by atoms with Gasteiger partial charge in [0.25, 0.3) is 0 Å². The number of hydrogen-bond acceptors (Lipinski definition) is 4. The molecule has 0 unspecified atom stereocenters. The maximum Gasteiger partial charge on any atom is 0.216 e. The molecule has 0 atom stereocenters. The van der Waals surface area contributed by atoms with E-state index in [0.29, 0.717) is 16.8 Å². The molecule has 0 aliphatic carbocycles. The van der Waals surface area contributed by atoms with Crippen molar-refractivity contribution in [1.29, 1.82) is 5.26 Å². The van der Waals surface area contributed by atoms with Crippen molar-refractivity contribution in [3.63, 3.8) is 0 Å². The number of nitrogens with one attached hydrogen (secondary N) is 2. The second-order valence-corrected chi connectivity index (χ2v) is 5.73. The average molecular weight is 276 g/mol. The molecular formula is C12H12N4O2S. The Morgan fingerprint density at radius 3 is 2.84 bits per heavy atom. The minimum absolute atomic E-state index is 0.150. The Balaban J connectivity index is 2.07. The Labute approximate surface area is 111 Å². The molecule has 0 aliphatic heterocycles. The second-order valence-electron chi connectivity index (χ2n) is 3.93. The van der Waals surface area contributed by atoms with E-state index in [0.717, 1.165) is 0 Å². The quantitative estimate of drug-likeness (QED) is 0.847. The van der Waals surface area contributed by atoms with Gasteiger partial charge in [0.05, 0.1) is 30.3 Å². The highest BCUT2D eigenvalue weighted by atomic mass is 32.2. The molecule has 19 heavy (non-hydrogen) atoms. The third-order valence-corrected chi connectivity index (χ3v) is 3.80. The SMILES string of the molecule is N#Cc1ccccc1CS(=O)(=O)NCc1cnc[nH]1. The molecule has 0 fully saturated rings. The highest BCUT2D eigenvalue weighted by molar-refractivity contribution is 7.88. The molecule has 0 bridgehead atoms. The van der Waals surface area contributed by atoms with E-state index in [1.54, 1.807) is 30.5 Å². The fourth-order valence-electron chi connectivity index (χ4n) is 1.58. The summed E-state index contributed by atoms with van der Waals surface area (Å²) < 4.78 is 26.3. The zero-order valence-corrected chi connectivity index (χ0v) is 10.8. The molecule has 98 valence electrons. The van der Waals surface area contributed by atoms with Gasteiger partial charge in [0.1, 0.15) is 0 Å². The maximum absolute atomic E-state index is 11.9. The highest BCUT2D eigenvalue weighted by Gasteiger charge is 2.14. The van der Waals surface area contributed by atoms with E-state index < -0.39 is 10.0 Å². The van der Waals surface area contributed by atoms with Gasteiger partial charge in [0, 0.05) is 11.9 Å². The molecule has 6 nitrogen and oxygen atoms in total. The molecule has 0 aliphatic rings. The van der Waals surface area contributed by atoms with Crippen LogP contribution in [-0.2, 0) is 22.3 Å². The van der Waals surface area contributed by atoms with Gasteiger partial charge in [-0.2, -0.15) is 5.26 Å². The van der Waals surface area contributed by atoms with Crippen molar-refractivity contribution in [1.82, 2.24) is 14.7 Å². The standard InChI is InChI=1S/C12H12N4O2S/c13-5-10-3-1-2-4-11(10)8-19(17,18)16-7-12-6-14-9-15-12/h1-4,6,9,16H,7-8H2,(H,14,15). The number of nitrogens with zero attached hydrogens (tertiary/aromatic N) is 2. The van der Waals surface area contributed by atoms with Crippen LogP contribution < -0.4 is 4.72 Å². The largest absolute Gasteiger partial charge is 0.347 e. The van der Waals surface area contributed by atoms with E-state index >= 15 is 0 Å². The van der Waals surface area contributed by atoms with Crippen molar-refractivity contribution >= 4 is 10.0 Å². The van der Waals surface area contributed by atoms with Gasteiger partial charge in [-0.3, -0.25) is 0 Å². The predicted molar refractivity (Wildman–Crippen MR) is 69.2 cm³/mol. The molecule has 0 saturated carbocycles. The molecule has 0 saturated heterocycles. The van der Waals surface area contributed by atoms with E-state index in [4.69, 9.17) is 5.26 Å². The summed E-state index contributed by atoms with van der Waals surface area (Å²) in [6.07, 6.45) is 3.03. The van der Waals surface area contributed by atoms with Gasteiger partial charge in [-0.1, -0.05) is 18.2 Å².